The van der Waals surface area contributed by atoms with Crippen molar-refractivity contribution in [2.45, 2.75) is 39.4 Å². The van der Waals surface area contributed by atoms with Gasteiger partial charge in [0.25, 0.3) is 0 Å². The summed E-state index contributed by atoms with van der Waals surface area (Å²) in [7, 11) is 0. The van der Waals surface area contributed by atoms with Crippen molar-refractivity contribution in [2.24, 2.45) is 0 Å². The Hall–Kier alpha value is -3.85. The Morgan fingerprint density at radius 3 is 2.74 bits per heavy atom. The van der Waals surface area contributed by atoms with Crippen LogP contribution in [0, 0.1) is 25.2 Å². The van der Waals surface area contributed by atoms with Crippen LogP contribution in [0.5, 0.6) is 11.5 Å². The number of nitriles is 1. The van der Waals surface area contributed by atoms with Gasteiger partial charge in [0.05, 0.1) is 5.56 Å². The Kier molecular flexibility index (Phi) is 7.23. The molecule has 3 rings (SSSR count). The highest BCUT2D eigenvalue weighted by molar-refractivity contribution is 5.66. The number of aliphatic carboxylic acids is 1. The van der Waals surface area contributed by atoms with Crippen LogP contribution >= 0.6 is 0 Å². The number of hydrogen-bond acceptors (Lipinski definition) is 5. The van der Waals surface area contributed by atoms with Gasteiger partial charge in [-0.05, 0) is 55.2 Å². The second-order valence-electron chi connectivity index (χ2n) is 7.25. The number of carboxylic acid groups (broad SMARTS) is 1. The maximum Gasteiger partial charge on any atom is 0.303 e. The molecule has 0 spiro atoms. The molecule has 0 saturated carbocycles. The lowest BCUT2D eigenvalue weighted by Crippen LogP contribution is -2.13. The number of aryl methyl sites for hydroxylation is 1. The molecule has 6 nitrogen and oxygen atoms in total. The Morgan fingerprint density at radius 2 is 2.03 bits per heavy atom. The number of carboxylic acids is 1. The van der Waals surface area contributed by atoms with E-state index in [1.807, 2.05) is 44.2 Å². The molecule has 1 unspecified atom stereocenters. The Balaban J connectivity index is 1.87. The maximum atomic E-state index is 11.2. The monoisotopic (exact) mass is 416 g/mol. The second kappa shape index (κ2) is 10.3. The van der Waals surface area contributed by atoms with E-state index in [0.29, 0.717) is 23.7 Å². The van der Waals surface area contributed by atoms with Crippen LogP contribution in [0.25, 0.3) is 0 Å². The highest BCUT2D eigenvalue weighted by atomic mass is 16.5. The van der Waals surface area contributed by atoms with Crippen LogP contribution < -0.4 is 9.47 Å². The Morgan fingerprint density at radius 1 is 1.19 bits per heavy atom. The van der Waals surface area contributed by atoms with E-state index in [2.05, 4.69) is 11.1 Å². The van der Waals surface area contributed by atoms with Gasteiger partial charge in [0, 0.05) is 30.4 Å². The van der Waals surface area contributed by atoms with Gasteiger partial charge in [0.15, 0.2) is 0 Å². The SMILES string of the molecule is Cc1cccc(C(CCC(=O)O)Oc2cc(OCc3cccnc3)ccc2C#N)c1C. The molecule has 1 atom stereocenters. The lowest BCUT2D eigenvalue weighted by atomic mass is 9.96. The largest absolute Gasteiger partial charge is 0.489 e. The summed E-state index contributed by atoms with van der Waals surface area (Å²) < 4.78 is 12.1. The summed E-state index contributed by atoms with van der Waals surface area (Å²) in [5, 5.41) is 18.7. The fourth-order valence-corrected chi connectivity index (χ4v) is 3.24. The molecule has 0 aliphatic carbocycles. The van der Waals surface area contributed by atoms with Crippen molar-refractivity contribution in [3.05, 3.63) is 88.7 Å². The molecule has 0 radical (unpaired) electrons. The fourth-order valence-electron chi connectivity index (χ4n) is 3.24. The van der Waals surface area contributed by atoms with Crippen molar-refractivity contribution in [2.75, 3.05) is 0 Å². The van der Waals surface area contributed by atoms with Crippen molar-refractivity contribution < 1.29 is 19.4 Å². The lowest BCUT2D eigenvalue weighted by Gasteiger charge is -2.22. The predicted molar refractivity (Wildman–Crippen MR) is 116 cm³/mol. The van der Waals surface area contributed by atoms with E-state index >= 15 is 0 Å². The summed E-state index contributed by atoms with van der Waals surface area (Å²) in [6, 6.07) is 16.8. The highest BCUT2D eigenvalue weighted by Gasteiger charge is 2.20. The normalized spacial score (nSPS) is 11.4. The van der Waals surface area contributed by atoms with Gasteiger partial charge < -0.3 is 14.6 Å². The van der Waals surface area contributed by atoms with E-state index in [1.165, 1.54) is 0 Å². The zero-order valence-electron chi connectivity index (χ0n) is 17.5. The summed E-state index contributed by atoms with van der Waals surface area (Å²) in [4.78, 5) is 15.3. The molecule has 3 aromatic rings. The summed E-state index contributed by atoms with van der Waals surface area (Å²) >= 11 is 0. The van der Waals surface area contributed by atoms with E-state index in [4.69, 9.17) is 9.47 Å². The lowest BCUT2D eigenvalue weighted by molar-refractivity contribution is -0.137. The van der Waals surface area contributed by atoms with E-state index in [-0.39, 0.29) is 12.8 Å². The minimum absolute atomic E-state index is 0.0445. The molecular formula is C25H24N2O4. The summed E-state index contributed by atoms with van der Waals surface area (Å²) in [6.45, 7) is 4.32. The van der Waals surface area contributed by atoms with Crippen LogP contribution in [0.4, 0.5) is 0 Å². The minimum Gasteiger partial charge on any atom is -0.489 e. The van der Waals surface area contributed by atoms with Gasteiger partial charge in [-0.3, -0.25) is 9.78 Å². The van der Waals surface area contributed by atoms with Crippen LogP contribution in [0.1, 0.15) is 46.8 Å². The second-order valence-corrected chi connectivity index (χ2v) is 7.25. The first-order chi connectivity index (χ1) is 15.0. The molecule has 1 heterocycles. The number of aromatic nitrogens is 1. The van der Waals surface area contributed by atoms with Crippen molar-refractivity contribution in [1.82, 2.24) is 4.98 Å². The molecule has 0 aliphatic rings. The smallest absolute Gasteiger partial charge is 0.303 e. The third kappa shape index (κ3) is 5.83. The molecule has 6 heteroatoms. The maximum absolute atomic E-state index is 11.2. The molecule has 0 fully saturated rings. The molecule has 0 amide bonds. The molecule has 2 aromatic carbocycles. The number of hydrogen-bond donors (Lipinski definition) is 1. The van der Waals surface area contributed by atoms with Crippen LogP contribution in [0.15, 0.2) is 60.9 Å². The van der Waals surface area contributed by atoms with E-state index < -0.39 is 12.1 Å². The summed E-state index contributed by atoms with van der Waals surface area (Å²) in [6.07, 6.45) is 3.16. The van der Waals surface area contributed by atoms with Crippen LogP contribution in [-0.2, 0) is 11.4 Å². The highest BCUT2D eigenvalue weighted by Crippen LogP contribution is 2.33. The number of rotatable bonds is 9. The van der Waals surface area contributed by atoms with Crippen LogP contribution in [0.3, 0.4) is 0 Å². The first kappa shape index (κ1) is 21.8. The summed E-state index contributed by atoms with van der Waals surface area (Å²) in [5.74, 6) is 0.0197. The average Bonchev–Trinajstić information content (AvgIpc) is 2.78. The van der Waals surface area contributed by atoms with Gasteiger partial charge in [-0.2, -0.15) is 5.26 Å². The van der Waals surface area contributed by atoms with Gasteiger partial charge in [-0.15, -0.1) is 0 Å². The van der Waals surface area contributed by atoms with Gasteiger partial charge in [0.2, 0.25) is 0 Å². The quantitative estimate of drug-likeness (QED) is 0.520. The fraction of sp³-hybridized carbons (Fsp3) is 0.240. The zero-order valence-corrected chi connectivity index (χ0v) is 17.5. The van der Waals surface area contributed by atoms with Crippen molar-refractivity contribution in [1.29, 1.82) is 5.26 Å². The van der Waals surface area contributed by atoms with Crippen molar-refractivity contribution in [3.8, 4) is 17.6 Å². The standard InChI is InChI=1S/C25H24N2O4/c1-17-5-3-7-22(18(17)2)23(10-11-25(28)29)31-24-13-21(9-8-20(24)14-26)30-16-19-6-4-12-27-15-19/h3-9,12-13,15,23H,10-11,16H2,1-2H3,(H,28,29). The predicted octanol–water partition coefficient (Wildman–Crippen LogP) is 5.13. The van der Waals surface area contributed by atoms with E-state index in [1.54, 1.807) is 30.6 Å². The molecule has 158 valence electrons. The molecule has 31 heavy (non-hydrogen) atoms. The summed E-state index contributed by atoms with van der Waals surface area (Å²) in [5.41, 5.74) is 4.33. The van der Waals surface area contributed by atoms with Gasteiger partial charge >= 0.3 is 5.97 Å². The van der Waals surface area contributed by atoms with Crippen molar-refractivity contribution in [3.63, 3.8) is 0 Å². The van der Waals surface area contributed by atoms with E-state index in [9.17, 15) is 15.2 Å². The average molecular weight is 416 g/mol. The van der Waals surface area contributed by atoms with Crippen LogP contribution in [-0.4, -0.2) is 16.1 Å². The molecule has 0 bridgehead atoms. The first-order valence-electron chi connectivity index (χ1n) is 9.98. The number of ether oxygens (including phenoxy) is 2. The number of pyridine rings is 1. The molecule has 1 aromatic heterocycles. The topological polar surface area (TPSA) is 92.4 Å². The Labute approximate surface area is 181 Å². The van der Waals surface area contributed by atoms with Gasteiger partial charge in [-0.1, -0.05) is 24.3 Å². The Bertz CT molecular complexity index is 1090. The number of carbonyl (C=O) groups is 1. The first-order valence-corrected chi connectivity index (χ1v) is 9.98. The molecular weight excluding hydrogens is 392 g/mol. The minimum atomic E-state index is -0.895. The van der Waals surface area contributed by atoms with Crippen molar-refractivity contribution >= 4 is 5.97 Å². The third-order valence-electron chi connectivity index (χ3n) is 5.08. The molecule has 0 saturated heterocycles. The number of nitrogens with zero attached hydrogens (tertiary/aromatic N) is 2. The number of benzene rings is 2. The zero-order chi connectivity index (χ0) is 22.2. The third-order valence-corrected chi connectivity index (χ3v) is 5.08. The molecule has 0 aliphatic heterocycles. The molecule has 1 N–H and O–H groups in total. The van der Waals surface area contributed by atoms with Crippen LogP contribution in [0.2, 0.25) is 0 Å². The van der Waals surface area contributed by atoms with Gasteiger partial charge in [0.1, 0.15) is 30.3 Å². The van der Waals surface area contributed by atoms with Gasteiger partial charge in [-0.25, -0.2) is 0 Å². The van der Waals surface area contributed by atoms with E-state index in [0.717, 1.165) is 22.3 Å².